The monoisotopic (exact) mass is 331 g/mol. The van der Waals surface area contributed by atoms with E-state index in [-0.39, 0.29) is 6.04 Å². The molecule has 0 aliphatic heterocycles. The molecule has 1 heterocycles. The largest absolute Gasteiger partial charge is 0.397 e. The van der Waals surface area contributed by atoms with Gasteiger partial charge in [0, 0.05) is 20.8 Å². The lowest BCUT2D eigenvalue weighted by molar-refractivity contribution is 0.170. The number of nitrogens with zero attached hydrogens (tertiary/aromatic N) is 2. The first-order valence-electron chi connectivity index (χ1n) is 6.18. The van der Waals surface area contributed by atoms with Crippen molar-refractivity contribution in [2.45, 2.75) is 19.9 Å². The Morgan fingerprint density at radius 2 is 2.11 bits per heavy atom. The summed E-state index contributed by atoms with van der Waals surface area (Å²) in [5.74, 6) is 0.869. The second-order valence-electron chi connectivity index (χ2n) is 4.47. The molecule has 1 rings (SSSR count). The van der Waals surface area contributed by atoms with Crippen molar-refractivity contribution < 1.29 is 9.47 Å². The average molecular weight is 332 g/mol. The van der Waals surface area contributed by atoms with Gasteiger partial charge in [0.2, 0.25) is 0 Å². The van der Waals surface area contributed by atoms with Crippen LogP contribution in [0, 0.1) is 6.92 Å². The summed E-state index contributed by atoms with van der Waals surface area (Å²) in [5.41, 5.74) is 7.54. The fourth-order valence-corrected chi connectivity index (χ4v) is 2.39. The highest BCUT2D eigenvalue weighted by atomic mass is 79.9. The lowest BCUT2D eigenvalue weighted by Crippen LogP contribution is -2.39. The van der Waals surface area contributed by atoms with Crippen LogP contribution in [0.25, 0.3) is 0 Å². The zero-order chi connectivity index (χ0) is 14.4. The minimum Gasteiger partial charge on any atom is -0.397 e. The fraction of sp³-hybridized carbons (Fsp3) is 0.615. The lowest BCUT2D eigenvalue weighted by atomic mass is 10.2. The Morgan fingerprint density at radius 3 is 2.68 bits per heavy atom. The molecule has 0 radical (unpaired) electrons. The Kier molecular flexibility index (Phi) is 6.54. The molecule has 0 saturated carbocycles. The number of pyridine rings is 1. The predicted octanol–water partition coefficient (Wildman–Crippen LogP) is 2.22. The van der Waals surface area contributed by atoms with Gasteiger partial charge >= 0.3 is 0 Å². The van der Waals surface area contributed by atoms with Gasteiger partial charge in [-0.05, 0) is 35.3 Å². The summed E-state index contributed by atoms with van der Waals surface area (Å²) in [5, 5.41) is 0. The quantitative estimate of drug-likeness (QED) is 0.830. The van der Waals surface area contributed by atoms with Crippen molar-refractivity contribution >= 4 is 27.4 Å². The first kappa shape index (κ1) is 16.2. The number of hydrogen-bond donors (Lipinski definition) is 1. The SMILES string of the molecule is COCCN(c1ncc(N)c(C)c1Br)C(C)COC. The standard InChI is InChI=1S/C13H22BrN3O2/c1-9(8-19-4)17(5-6-18-3)13-12(14)10(2)11(15)7-16-13/h7,9H,5-6,8,15H2,1-4H3. The normalized spacial score (nSPS) is 12.5. The van der Waals surface area contributed by atoms with Crippen molar-refractivity contribution in [3.8, 4) is 0 Å². The summed E-state index contributed by atoms with van der Waals surface area (Å²) in [6.45, 7) is 6.07. The van der Waals surface area contributed by atoms with Gasteiger partial charge < -0.3 is 20.1 Å². The van der Waals surface area contributed by atoms with E-state index >= 15 is 0 Å². The van der Waals surface area contributed by atoms with Crippen LogP contribution in [-0.4, -0.2) is 45.0 Å². The molecule has 6 heteroatoms. The van der Waals surface area contributed by atoms with Crippen molar-refractivity contribution in [3.05, 3.63) is 16.2 Å². The van der Waals surface area contributed by atoms with Gasteiger partial charge in [-0.25, -0.2) is 4.98 Å². The Labute approximate surface area is 123 Å². The topological polar surface area (TPSA) is 60.6 Å². The molecule has 0 saturated heterocycles. The van der Waals surface area contributed by atoms with Crippen LogP contribution in [0.5, 0.6) is 0 Å². The number of nitrogens with two attached hydrogens (primary N) is 1. The lowest BCUT2D eigenvalue weighted by Gasteiger charge is -2.31. The van der Waals surface area contributed by atoms with Crippen LogP contribution in [0.1, 0.15) is 12.5 Å². The van der Waals surface area contributed by atoms with E-state index in [1.807, 2.05) is 6.92 Å². The number of rotatable bonds is 7. The molecule has 19 heavy (non-hydrogen) atoms. The number of hydrogen-bond acceptors (Lipinski definition) is 5. The molecule has 5 nitrogen and oxygen atoms in total. The molecule has 0 amide bonds. The predicted molar refractivity (Wildman–Crippen MR) is 81.6 cm³/mol. The average Bonchev–Trinajstić information content (AvgIpc) is 2.39. The van der Waals surface area contributed by atoms with E-state index in [1.165, 1.54) is 0 Å². The van der Waals surface area contributed by atoms with E-state index in [2.05, 4.69) is 32.7 Å². The van der Waals surface area contributed by atoms with Crippen molar-refractivity contribution in [3.63, 3.8) is 0 Å². The van der Waals surface area contributed by atoms with Gasteiger partial charge in [-0.3, -0.25) is 0 Å². The number of anilines is 2. The zero-order valence-corrected chi connectivity index (χ0v) is 13.5. The van der Waals surface area contributed by atoms with Crippen LogP contribution >= 0.6 is 15.9 Å². The molecule has 108 valence electrons. The third kappa shape index (κ3) is 4.06. The second kappa shape index (κ2) is 7.67. The molecule has 1 atom stereocenters. The molecule has 1 aromatic rings. The van der Waals surface area contributed by atoms with Gasteiger partial charge in [0.25, 0.3) is 0 Å². The molecule has 0 aliphatic carbocycles. The first-order chi connectivity index (χ1) is 9.02. The summed E-state index contributed by atoms with van der Waals surface area (Å²) < 4.78 is 11.3. The Balaban J connectivity index is 3.06. The third-order valence-electron chi connectivity index (χ3n) is 3.03. The van der Waals surface area contributed by atoms with Gasteiger partial charge in [0.05, 0.1) is 35.6 Å². The molecule has 0 bridgehead atoms. The van der Waals surface area contributed by atoms with E-state index in [0.29, 0.717) is 18.9 Å². The van der Waals surface area contributed by atoms with Gasteiger partial charge in [-0.1, -0.05) is 0 Å². The molecular weight excluding hydrogens is 310 g/mol. The van der Waals surface area contributed by atoms with E-state index in [0.717, 1.165) is 22.4 Å². The van der Waals surface area contributed by atoms with Crippen LogP contribution in [0.3, 0.4) is 0 Å². The Morgan fingerprint density at radius 1 is 1.42 bits per heavy atom. The molecule has 0 spiro atoms. The minimum absolute atomic E-state index is 0.201. The first-order valence-corrected chi connectivity index (χ1v) is 6.97. The highest BCUT2D eigenvalue weighted by Gasteiger charge is 2.19. The summed E-state index contributed by atoms with van der Waals surface area (Å²) in [6, 6.07) is 0.201. The molecule has 0 fully saturated rings. The number of halogens is 1. The highest BCUT2D eigenvalue weighted by Crippen LogP contribution is 2.31. The zero-order valence-electron chi connectivity index (χ0n) is 11.9. The van der Waals surface area contributed by atoms with Crippen LogP contribution in [0.15, 0.2) is 10.7 Å². The van der Waals surface area contributed by atoms with Crippen molar-refractivity contribution in [1.82, 2.24) is 4.98 Å². The van der Waals surface area contributed by atoms with E-state index < -0.39 is 0 Å². The van der Waals surface area contributed by atoms with Crippen LogP contribution in [-0.2, 0) is 9.47 Å². The van der Waals surface area contributed by atoms with Gasteiger partial charge in [-0.2, -0.15) is 0 Å². The maximum atomic E-state index is 5.86. The molecule has 0 aliphatic rings. The van der Waals surface area contributed by atoms with Crippen LogP contribution in [0.4, 0.5) is 11.5 Å². The van der Waals surface area contributed by atoms with Gasteiger partial charge in [0.15, 0.2) is 0 Å². The third-order valence-corrected chi connectivity index (χ3v) is 3.98. The molecule has 2 N–H and O–H groups in total. The fourth-order valence-electron chi connectivity index (χ4n) is 1.83. The molecular formula is C13H22BrN3O2. The van der Waals surface area contributed by atoms with Crippen molar-refractivity contribution in [2.24, 2.45) is 0 Å². The van der Waals surface area contributed by atoms with Crippen molar-refractivity contribution in [1.29, 1.82) is 0 Å². The summed E-state index contributed by atoms with van der Waals surface area (Å²) >= 11 is 3.58. The summed E-state index contributed by atoms with van der Waals surface area (Å²) in [7, 11) is 3.39. The van der Waals surface area contributed by atoms with Gasteiger partial charge in [0.1, 0.15) is 5.82 Å². The summed E-state index contributed by atoms with van der Waals surface area (Å²) in [4.78, 5) is 6.59. The van der Waals surface area contributed by atoms with E-state index in [4.69, 9.17) is 15.2 Å². The molecule has 1 aromatic heterocycles. The minimum atomic E-state index is 0.201. The number of ether oxygens (including phenoxy) is 2. The van der Waals surface area contributed by atoms with E-state index in [9.17, 15) is 0 Å². The van der Waals surface area contributed by atoms with Crippen LogP contribution in [0.2, 0.25) is 0 Å². The maximum Gasteiger partial charge on any atom is 0.143 e. The molecule has 0 aromatic carbocycles. The highest BCUT2D eigenvalue weighted by molar-refractivity contribution is 9.10. The second-order valence-corrected chi connectivity index (χ2v) is 5.26. The van der Waals surface area contributed by atoms with E-state index in [1.54, 1.807) is 20.4 Å². The maximum absolute atomic E-state index is 5.86. The Bertz CT molecular complexity index is 415. The molecule has 1 unspecified atom stereocenters. The summed E-state index contributed by atoms with van der Waals surface area (Å²) in [6.07, 6.45) is 1.69. The van der Waals surface area contributed by atoms with Crippen LogP contribution < -0.4 is 10.6 Å². The van der Waals surface area contributed by atoms with Gasteiger partial charge in [-0.15, -0.1) is 0 Å². The smallest absolute Gasteiger partial charge is 0.143 e. The number of aromatic nitrogens is 1. The van der Waals surface area contributed by atoms with Crippen molar-refractivity contribution in [2.75, 3.05) is 44.6 Å². The number of methoxy groups -OCH3 is 2. The Hall–Kier alpha value is -0.850. The number of nitrogen functional groups attached to an aromatic ring is 1.